The third kappa shape index (κ3) is 6.63. The van der Waals surface area contributed by atoms with Gasteiger partial charge in [0, 0.05) is 54.3 Å². The SMILES string of the molecule is CN(C)c1ccc(NC(=O)Nc2nc(CSc3ccccc3)c(S(=O)(=O)c3ncc[nH]3)s2)c(C(=O)C2CCCC2)c1. The summed E-state index contributed by atoms with van der Waals surface area (Å²) in [6.45, 7) is 0. The highest BCUT2D eigenvalue weighted by Gasteiger charge is 2.30. The van der Waals surface area contributed by atoms with Crippen LogP contribution in [-0.4, -0.2) is 49.3 Å². The van der Waals surface area contributed by atoms with Crippen molar-refractivity contribution in [2.24, 2.45) is 5.92 Å². The van der Waals surface area contributed by atoms with Crippen LogP contribution in [0.15, 0.2) is 75.2 Å². The van der Waals surface area contributed by atoms with Crippen LogP contribution in [0.2, 0.25) is 0 Å². The summed E-state index contributed by atoms with van der Waals surface area (Å²) in [5.74, 6) is 0.224. The lowest BCUT2D eigenvalue weighted by atomic mass is 9.94. The lowest BCUT2D eigenvalue weighted by Crippen LogP contribution is -2.22. The fraction of sp³-hybridized carbons (Fsp3) is 0.286. The van der Waals surface area contributed by atoms with Gasteiger partial charge >= 0.3 is 6.03 Å². The molecule has 2 amide bonds. The molecule has 1 aliphatic carbocycles. The van der Waals surface area contributed by atoms with Crippen molar-refractivity contribution in [3.05, 3.63) is 72.2 Å². The van der Waals surface area contributed by atoms with Crippen LogP contribution < -0.4 is 15.5 Å². The molecule has 0 bridgehead atoms. The van der Waals surface area contributed by atoms with E-state index in [4.69, 9.17) is 0 Å². The number of thioether (sulfide) groups is 1. The Hall–Kier alpha value is -3.68. The molecule has 2 aromatic heterocycles. The number of urea groups is 1. The van der Waals surface area contributed by atoms with E-state index in [0.717, 1.165) is 47.6 Å². The minimum Gasteiger partial charge on any atom is -0.378 e. The third-order valence-corrected chi connectivity index (χ3v) is 10.9. The van der Waals surface area contributed by atoms with Gasteiger partial charge in [0.15, 0.2) is 15.1 Å². The van der Waals surface area contributed by atoms with Crippen LogP contribution in [0.4, 0.5) is 21.3 Å². The van der Waals surface area contributed by atoms with Crippen LogP contribution in [0.1, 0.15) is 41.7 Å². The molecule has 214 valence electrons. The summed E-state index contributed by atoms with van der Waals surface area (Å²) in [6.07, 6.45) is 6.52. The monoisotopic (exact) mass is 610 g/mol. The van der Waals surface area contributed by atoms with Crippen LogP contribution in [0.25, 0.3) is 0 Å². The number of nitrogens with one attached hydrogen (secondary N) is 3. The van der Waals surface area contributed by atoms with Gasteiger partial charge < -0.3 is 15.2 Å². The highest BCUT2D eigenvalue weighted by atomic mass is 32.2. The van der Waals surface area contributed by atoms with E-state index in [0.29, 0.717) is 16.9 Å². The maximum Gasteiger partial charge on any atom is 0.325 e. The largest absolute Gasteiger partial charge is 0.378 e. The number of aromatic amines is 1. The number of ketones is 1. The van der Waals surface area contributed by atoms with Gasteiger partial charge in [-0.25, -0.2) is 23.2 Å². The topological polar surface area (TPSA) is 137 Å². The van der Waals surface area contributed by atoms with Gasteiger partial charge in [-0.15, -0.1) is 11.8 Å². The molecule has 2 aromatic carbocycles. The summed E-state index contributed by atoms with van der Waals surface area (Å²) in [5.41, 5.74) is 2.01. The fourth-order valence-corrected chi connectivity index (χ4v) is 8.32. The van der Waals surface area contributed by atoms with Gasteiger partial charge in [-0.2, -0.15) is 0 Å². The standard InChI is InChI=1S/C28H30N6O4S3/c1-34(2)19-12-13-22(21(16-19)24(35)18-8-6-7-9-18)31-26(36)33-27-32-23(17-39-20-10-4-3-5-11-20)25(40-27)41(37,38)28-29-14-15-30-28/h3-5,10-16,18H,6-9,17H2,1-2H3,(H,29,30)(H2,31,32,33,36). The molecule has 0 radical (unpaired) electrons. The van der Waals surface area contributed by atoms with Crippen molar-refractivity contribution < 1.29 is 18.0 Å². The number of hydrogen-bond acceptors (Lipinski definition) is 9. The second kappa shape index (κ2) is 12.5. The van der Waals surface area contributed by atoms with Gasteiger partial charge in [-0.3, -0.25) is 10.1 Å². The van der Waals surface area contributed by atoms with Crippen molar-refractivity contribution in [1.82, 2.24) is 15.0 Å². The first-order chi connectivity index (χ1) is 19.7. The Kier molecular flexibility index (Phi) is 8.76. The molecule has 2 heterocycles. The van der Waals surface area contributed by atoms with E-state index < -0.39 is 15.9 Å². The predicted octanol–water partition coefficient (Wildman–Crippen LogP) is 6.07. The van der Waals surface area contributed by atoms with E-state index in [-0.39, 0.29) is 32.0 Å². The number of imidazole rings is 1. The zero-order valence-electron chi connectivity index (χ0n) is 22.6. The van der Waals surface area contributed by atoms with Gasteiger partial charge in [0.25, 0.3) is 9.84 Å². The highest BCUT2D eigenvalue weighted by molar-refractivity contribution is 7.98. The Morgan fingerprint density at radius 2 is 1.85 bits per heavy atom. The number of amides is 2. The average Bonchev–Trinajstić information content (AvgIpc) is 3.75. The molecular weight excluding hydrogens is 581 g/mol. The number of thiazole rings is 1. The van der Waals surface area contributed by atoms with Gasteiger partial charge in [-0.05, 0) is 43.2 Å². The molecule has 10 nitrogen and oxygen atoms in total. The van der Waals surface area contributed by atoms with Gasteiger partial charge in [0.2, 0.25) is 5.16 Å². The van der Waals surface area contributed by atoms with Gasteiger partial charge in [-0.1, -0.05) is 42.4 Å². The van der Waals surface area contributed by atoms with Crippen LogP contribution in [0.5, 0.6) is 0 Å². The van der Waals surface area contributed by atoms with Crippen molar-refractivity contribution in [1.29, 1.82) is 0 Å². The predicted molar refractivity (Wildman–Crippen MR) is 162 cm³/mol. The molecule has 5 rings (SSSR count). The molecule has 0 spiro atoms. The lowest BCUT2D eigenvalue weighted by Gasteiger charge is -2.18. The summed E-state index contributed by atoms with van der Waals surface area (Å²) in [4.78, 5) is 40.4. The molecule has 13 heteroatoms. The summed E-state index contributed by atoms with van der Waals surface area (Å²) in [6, 6.07) is 14.3. The Morgan fingerprint density at radius 1 is 1.10 bits per heavy atom. The molecule has 0 atom stereocenters. The van der Waals surface area contributed by atoms with Crippen LogP contribution in [0.3, 0.4) is 0 Å². The van der Waals surface area contributed by atoms with Crippen molar-refractivity contribution in [3.8, 4) is 0 Å². The van der Waals surface area contributed by atoms with E-state index in [1.807, 2.05) is 55.4 Å². The maximum atomic E-state index is 13.4. The Labute approximate surface area is 246 Å². The van der Waals surface area contributed by atoms with Crippen molar-refractivity contribution in [2.75, 3.05) is 29.6 Å². The number of Topliss-reactive ketones (excluding diaryl/α,β-unsaturated/α-hetero) is 1. The van der Waals surface area contributed by atoms with Gasteiger partial charge in [0.1, 0.15) is 0 Å². The van der Waals surface area contributed by atoms with Crippen LogP contribution >= 0.6 is 23.1 Å². The maximum absolute atomic E-state index is 13.4. The number of carbonyl (C=O) groups excluding carboxylic acids is 2. The number of anilines is 3. The molecule has 1 saturated carbocycles. The molecule has 1 fully saturated rings. The quantitative estimate of drug-likeness (QED) is 0.145. The smallest absolute Gasteiger partial charge is 0.325 e. The number of carbonyl (C=O) groups is 2. The van der Waals surface area contributed by atoms with Crippen LogP contribution in [-0.2, 0) is 15.6 Å². The average molecular weight is 611 g/mol. The number of rotatable bonds is 10. The molecular formula is C28H30N6O4S3. The summed E-state index contributed by atoms with van der Waals surface area (Å²) < 4.78 is 26.7. The van der Waals surface area contributed by atoms with Gasteiger partial charge in [0.05, 0.1) is 11.4 Å². The second-order valence-corrected chi connectivity index (χ2v) is 13.9. The molecule has 0 saturated heterocycles. The van der Waals surface area contributed by atoms with E-state index in [1.165, 1.54) is 24.2 Å². The first kappa shape index (κ1) is 28.8. The molecule has 0 unspecified atom stereocenters. The van der Waals surface area contributed by atoms with E-state index in [2.05, 4.69) is 25.6 Å². The summed E-state index contributed by atoms with van der Waals surface area (Å²) in [5, 5.41) is 5.38. The van der Waals surface area contributed by atoms with Crippen molar-refractivity contribution in [3.63, 3.8) is 0 Å². The van der Waals surface area contributed by atoms with E-state index >= 15 is 0 Å². The zero-order chi connectivity index (χ0) is 29.0. The first-order valence-electron chi connectivity index (χ1n) is 13.1. The fourth-order valence-electron chi connectivity index (χ4n) is 4.63. The molecule has 41 heavy (non-hydrogen) atoms. The summed E-state index contributed by atoms with van der Waals surface area (Å²) >= 11 is 2.29. The molecule has 1 aliphatic rings. The molecule has 4 aromatic rings. The lowest BCUT2D eigenvalue weighted by molar-refractivity contribution is 0.0923. The Bertz CT molecular complexity index is 1630. The molecule has 0 aliphatic heterocycles. The minimum absolute atomic E-state index is 0.00128. The second-order valence-electron chi connectivity index (χ2n) is 9.80. The number of H-pyrrole nitrogens is 1. The Morgan fingerprint density at radius 3 is 2.54 bits per heavy atom. The number of nitrogens with zero attached hydrogens (tertiary/aromatic N) is 3. The number of hydrogen-bond donors (Lipinski definition) is 3. The number of benzene rings is 2. The summed E-state index contributed by atoms with van der Waals surface area (Å²) in [7, 11) is -0.205. The highest BCUT2D eigenvalue weighted by Crippen LogP contribution is 2.36. The van der Waals surface area contributed by atoms with Crippen molar-refractivity contribution >= 4 is 61.3 Å². The van der Waals surface area contributed by atoms with E-state index in [9.17, 15) is 18.0 Å². The number of sulfone groups is 1. The normalized spacial score (nSPS) is 13.7. The number of aromatic nitrogens is 3. The van der Waals surface area contributed by atoms with E-state index in [1.54, 1.807) is 12.1 Å². The first-order valence-corrected chi connectivity index (χ1v) is 16.4. The van der Waals surface area contributed by atoms with Crippen molar-refractivity contribution in [2.45, 2.75) is 45.7 Å². The minimum atomic E-state index is -3.99. The third-order valence-electron chi connectivity index (χ3n) is 6.73. The Balaban J connectivity index is 1.40. The van der Waals surface area contributed by atoms with Crippen LogP contribution in [0, 0.1) is 5.92 Å². The zero-order valence-corrected chi connectivity index (χ0v) is 25.0. The molecule has 3 N–H and O–H groups in total.